The Bertz CT molecular complexity index is 956. The number of rotatable bonds is 10. The number of ether oxygens (including phenoxy) is 1. The molecule has 8 heteroatoms. The van der Waals surface area contributed by atoms with Crippen LogP contribution in [0.3, 0.4) is 0 Å². The number of alkyl carbamates (subject to hydrolysis) is 1. The maximum Gasteiger partial charge on any atom is 0.408 e. The molecule has 0 heterocycles. The molecular weight excluding hydrogens is 434 g/mol. The van der Waals surface area contributed by atoms with Gasteiger partial charge in [-0.05, 0) is 50.5 Å². The molecule has 3 amide bonds. The van der Waals surface area contributed by atoms with Crippen molar-refractivity contribution >= 4 is 17.9 Å². The van der Waals surface area contributed by atoms with Gasteiger partial charge in [-0.2, -0.15) is 0 Å². The Balaban J connectivity index is 2.26. The van der Waals surface area contributed by atoms with Gasteiger partial charge in [0.2, 0.25) is 11.8 Å². The Morgan fingerprint density at radius 2 is 1.74 bits per heavy atom. The first-order valence-corrected chi connectivity index (χ1v) is 11.5. The highest BCUT2D eigenvalue weighted by Gasteiger charge is 2.31. The molecule has 1 unspecified atom stereocenters. The van der Waals surface area contributed by atoms with Crippen LogP contribution in [-0.4, -0.2) is 46.6 Å². The number of amides is 3. The minimum absolute atomic E-state index is 0.00636. The molecule has 184 valence electrons. The molecule has 8 nitrogen and oxygen atoms in total. The average molecular weight is 470 g/mol. The van der Waals surface area contributed by atoms with E-state index >= 15 is 0 Å². The fourth-order valence-corrected chi connectivity index (χ4v) is 3.34. The Morgan fingerprint density at radius 3 is 2.35 bits per heavy atom. The summed E-state index contributed by atoms with van der Waals surface area (Å²) in [6, 6.07) is 14.8. The summed E-state index contributed by atoms with van der Waals surface area (Å²) in [4.78, 5) is 40.1. The van der Waals surface area contributed by atoms with Crippen LogP contribution in [-0.2, 0) is 20.9 Å². The quantitative estimate of drug-likeness (QED) is 0.489. The van der Waals surface area contributed by atoms with Gasteiger partial charge in [-0.3, -0.25) is 9.59 Å². The number of benzene rings is 2. The van der Waals surface area contributed by atoms with Crippen molar-refractivity contribution in [3.05, 3.63) is 65.7 Å². The molecule has 0 radical (unpaired) electrons. The van der Waals surface area contributed by atoms with Gasteiger partial charge in [-0.25, -0.2) is 4.79 Å². The molecule has 1 atom stereocenters. The summed E-state index contributed by atoms with van der Waals surface area (Å²) in [5.41, 5.74) is 0.701. The average Bonchev–Trinajstić information content (AvgIpc) is 2.78. The van der Waals surface area contributed by atoms with Gasteiger partial charge in [0, 0.05) is 13.1 Å². The van der Waals surface area contributed by atoms with E-state index in [4.69, 9.17) is 4.74 Å². The van der Waals surface area contributed by atoms with Gasteiger partial charge in [-0.1, -0.05) is 55.8 Å². The first-order chi connectivity index (χ1) is 16.1. The lowest BCUT2D eigenvalue weighted by Gasteiger charge is -2.32. The van der Waals surface area contributed by atoms with Crippen LogP contribution < -0.4 is 10.6 Å². The summed E-state index contributed by atoms with van der Waals surface area (Å²) in [5, 5.41) is 15.4. The lowest BCUT2D eigenvalue weighted by Crippen LogP contribution is -2.48. The molecule has 0 aliphatic heterocycles. The van der Waals surface area contributed by atoms with E-state index in [1.54, 1.807) is 32.9 Å². The molecule has 0 spiro atoms. The SMILES string of the molecule is CCCCN(C(=O)CNC(=O)OC(C)(C)C)C(C(=O)NCc1ccccc1)c1cccc(O)c1. The zero-order valence-electron chi connectivity index (χ0n) is 20.3. The number of unbranched alkanes of at least 4 members (excludes halogenated alkanes) is 1. The largest absolute Gasteiger partial charge is 0.508 e. The summed E-state index contributed by atoms with van der Waals surface area (Å²) >= 11 is 0. The summed E-state index contributed by atoms with van der Waals surface area (Å²) in [6.45, 7) is 7.47. The Morgan fingerprint density at radius 1 is 1.03 bits per heavy atom. The van der Waals surface area contributed by atoms with Crippen molar-refractivity contribution < 1.29 is 24.2 Å². The van der Waals surface area contributed by atoms with Gasteiger partial charge in [0.05, 0.1) is 0 Å². The van der Waals surface area contributed by atoms with Gasteiger partial charge < -0.3 is 25.4 Å². The van der Waals surface area contributed by atoms with Crippen molar-refractivity contribution in [2.75, 3.05) is 13.1 Å². The molecule has 0 aliphatic carbocycles. The van der Waals surface area contributed by atoms with E-state index in [9.17, 15) is 19.5 Å². The number of carbonyl (C=O) groups excluding carboxylic acids is 3. The molecule has 0 bridgehead atoms. The topological polar surface area (TPSA) is 108 Å². The highest BCUT2D eigenvalue weighted by Crippen LogP contribution is 2.25. The maximum absolute atomic E-state index is 13.4. The molecule has 0 aliphatic rings. The number of carbonyl (C=O) groups is 3. The van der Waals surface area contributed by atoms with E-state index in [0.717, 1.165) is 12.0 Å². The predicted molar refractivity (Wildman–Crippen MR) is 130 cm³/mol. The third-order valence-electron chi connectivity index (χ3n) is 4.91. The van der Waals surface area contributed by atoms with E-state index < -0.39 is 23.6 Å². The van der Waals surface area contributed by atoms with Crippen molar-refractivity contribution in [3.8, 4) is 5.75 Å². The summed E-state index contributed by atoms with van der Waals surface area (Å²) in [6.07, 6.45) is 0.764. The summed E-state index contributed by atoms with van der Waals surface area (Å²) in [7, 11) is 0. The van der Waals surface area contributed by atoms with Gasteiger partial charge in [0.1, 0.15) is 23.9 Å². The molecule has 0 aromatic heterocycles. The molecular formula is C26H35N3O5. The molecule has 3 N–H and O–H groups in total. The van der Waals surface area contributed by atoms with Crippen LogP contribution in [0, 0.1) is 0 Å². The highest BCUT2D eigenvalue weighted by atomic mass is 16.6. The third-order valence-corrected chi connectivity index (χ3v) is 4.91. The Hall–Kier alpha value is -3.55. The first-order valence-electron chi connectivity index (χ1n) is 11.5. The zero-order valence-corrected chi connectivity index (χ0v) is 20.3. The number of hydrogen-bond acceptors (Lipinski definition) is 5. The lowest BCUT2D eigenvalue weighted by atomic mass is 10.0. The predicted octanol–water partition coefficient (Wildman–Crippen LogP) is 3.90. The van der Waals surface area contributed by atoms with E-state index in [1.807, 2.05) is 37.3 Å². The van der Waals surface area contributed by atoms with E-state index in [-0.39, 0.29) is 18.2 Å². The number of phenols is 1. The van der Waals surface area contributed by atoms with Gasteiger partial charge in [0.15, 0.2) is 0 Å². The molecule has 2 rings (SSSR count). The Kier molecular flexibility index (Phi) is 9.92. The third kappa shape index (κ3) is 8.77. The number of nitrogens with one attached hydrogen (secondary N) is 2. The van der Waals surface area contributed by atoms with Crippen LogP contribution in [0.4, 0.5) is 4.79 Å². The Labute approximate surface area is 201 Å². The number of hydrogen-bond donors (Lipinski definition) is 3. The van der Waals surface area contributed by atoms with Crippen molar-refractivity contribution in [1.29, 1.82) is 0 Å². The number of aromatic hydroxyl groups is 1. The standard InChI is InChI=1S/C26H35N3O5/c1-5-6-15-29(22(31)18-28-25(33)34-26(2,3)4)23(20-13-10-14-21(30)16-20)24(32)27-17-19-11-8-7-9-12-19/h7-14,16,23,30H,5-6,15,17-18H2,1-4H3,(H,27,32)(H,28,33). The molecule has 0 saturated heterocycles. The number of nitrogens with zero attached hydrogens (tertiary/aromatic N) is 1. The summed E-state index contributed by atoms with van der Waals surface area (Å²) < 4.78 is 5.21. The van der Waals surface area contributed by atoms with Gasteiger partial charge >= 0.3 is 6.09 Å². The smallest absolute Gasteiger partial charge is 0.408 e. The van der Waals surface area contributed by atoms with Crippen LogP contribution in [0.5, 0.6) is 5.75 Å². The maximum atomic E-state index is 13.4. The van der Waals surface area contributed by atoms with Gasteiger partial charge in [0.25, 0.3) is 0 Å². The van der Waals surface area contributed by atoms with E-state index in [2.05, 4.69) is 10.6 Å². The van der Waals surface area contributed by atoms with E-state index in [0.29, 0.717) is 25.1 Å². The van der Waals surface area contributed by atoms with Crippen LogP contribution in [0.2, 0.25) is 0 Å². The molecule has 0 fully saturated rings. The van der Waals surface area contributed by atoms with Crippen LogP contribution >= 0.6 is 0 Å². The van der Waals surface area contributed by atoms with Crippen molar-refractivity contribution in [2.24, 2.45) is 0 Å². The van der Waals surface area contributed by atoms with E-state index in [1.165, 1.54) is 17.0 Å². The van der Waals surface area contributed by atoms with Crippen molar-refractivity contribution in [3.63, 3.8) is 0 Å². The molecule has 34 heavy (non-hydrogen) atoms. The fraction of sp³-hybridized carbons (Fsp3) is 0.423. The minimum Gasteiger partial charge on any atom is -0.508 e. The monoisotopic (exact) mass is 469 g/mol. The zero-order chi connectivity index (χ0) is 25.1. The summed E-state index contributed by atoms with van der Waals surface area (Å²) in [5.74, 6) is -0.813. The minimum atomic E-state index is -0.977. The van der Waals surface area contributed by atoms with Crippen LogP contribution in [0.25, 0.3) is 0 Å². The second-order valence-corrected chi connectivity index (χ2v) is 9.00. The van der Waals surface area contributed by atoms with Crippen LogP contribution in [0.15, 0.2) is 54.6 Å². The second kappa shape index (κ2) is 12.6. The fourth-order valence-electron chi connectivity index (χ4n) is 3.34. The number of phenolic OH excluding ortho intramolecular Hbond substituents is 1. The molecule has 0 saturated carbocycles. The van der Waals surface area contributed by atoms with Crippen molar-refractivity contribution in [1.82, 2.24) is 15.5 Å². The lowest BCUT2D eigenvalue weighted by molar-refractivity contribution is -0.140. The molecule has 2 aromatic rings. The second-order valence-electron chi connectivity index (χ2n) is 9.00. The first kappa shape index (κ1) is 26.7. The normalized spacial score (nSPS) is 11.9. The van der Waals surface area contributed by atoms with Gasteiger partial charge in [-0.15, -0.1) is 0 Å². The van der Waals surface area contributed by atoms with Crippen molar-refractivity contribution in [2.45, 2.75) is 58.7 Å². The molecule has 2 aromatic carbocycles. The van der Waals surface area contributed by atoms with Crippen LogP contribution in [0.1, 0.15) is 57.7 Å². The highest BCUT2D eigenvalue weighted by molar-refractivity contribution is 5.90.